The van der Waals surface area contributed by atoms with E-state index in [4.69, 9.17) is 10.7 Å². The fourth-order valence-electron chi connectivity index (χ4n) is 1.05. The molecule has 1 rings (SSSR count). The van der Waals surface area contributed by atoms with Crippen molar-refractivity contribution < 1.29 is 5.21 Å². The zero-order chi connectivity index (χ0) is 10.2. The van der Waals surface area contributed by atoms with Crippen molar-refractivity contribution in [2.75, 3.05) is 6.54 Å². The van der Waals surface area contributed by atoms with Gasteiger partial charge in [-0.05, 0) is 12.0 Å². The lowest BCUT2D eigenvalue weighted by atomic mass is 10.4. The summed E-state index contributed by atoms with van der Waals surface area (Å²) >= 11 is 0. The number of nitrogens with zero attached hydrogens (tertiary/aromatic N) is 6. The van der Waals surface area contributed by atoms with Gasteiger partial charge in [-0.25, -0.2) is 4.98 Å². The second-order valence-corrected chi connectivity index (χ2v) is 2.53. The van der Waals surface area contributed by atoms with Crippen molar-refractivity contribution in [2.45, 2.75) is 13.0 Å². The number of aryl methyl sites for hydroxylation is 1. The lowest BCUT2D eigenvalue weighted by Crippen LogP contribution is -2.03. The van der Waals surface area contributed by atoms with Gasteiger partial charge >= 0.3 is 0 Å². The SMILES string of the molecule is [N-]=[N+]=NCCCn1ccnc1C=NO. The maximum atomic E-state index is 8.32. The van der Waals surface area contributed by atoms with E-state index in [2.05, 4.69) is 20.2 Å². The second kappa shape index (κ2) is 5.60. The van der Waals surface area contributed by atoms with Crippen LogP contribution in [0.4, 0.5) is 0 Å². The molecular formula is C7H10N6O. The molecule has 0 bridgehead atoms. The molecule has 0 spiro atoms. The highest BCUT2D eigenvalue weighted by Gasteiger charge is 1.98. The van der Waals surface area contributed by atoms with Gasteiger partial charge in [0.15, 0.2) is 5.82 Å². The summed E-state index contributed by atoms with van der Waals surface area (Å²) in [6.45, 7) is 1.13. The fourth-order valence-corrected chi connectivity index (χ4v) is 1.05. The maximum Gasteiger partial charge on any atom is 0.154 e. The van der Waals surface area contributed by atoms with E-state index in [-0.39, 0.29) is 0 Å². The molecule has 0 amide bonds. The van der Waals surface area contributed by atoms with E-state index in [0.29, 0.717) is 18.9 Å². The predicted octanol–water partition coefficient (Wildman–Crippen LogP) is 1.39. The molecule has 0 fully saturated rings. The highest BCUT2D eigenvalue weighted by Crippen LogP contribution is 1.97. The average Bonchev–Trinajstić information content (AvgIpc) is 2.61. The topological polar surface area (TPSA) is 99.2 Å². The fraction of sp³-hybridized carbons (Fsp3) is 0.429. The van der Waals surface area contributed by atoms with Crippen LogP contribution in [0, 0.1) is 0 Å². The third-order valence-electron chi connectivity index (χ3n) is 1.64. The van der Waals surface area contributed by atoms with Gasteiger partial charge in [0.1, 0.15) is 6.21 Å². The van der Waals surface area contributed by atoms with E-state index in [0.717, 1.165) is 6.42 Å². The van der Waals surface area contributed by atoms with Crippen LogP contribution < -0.4 is 0 Å². The van der Waals surface area contributed by atoms with Crippen LogP contribution >= 0.6 is 0 Å². The Morgan fingerprint density at radius 2 is 2.57 bits per heavy atom. The molecule has 0 radical (unpaired) electrons. The summed E-state index contributed by atoms with van der Waals surface area (Å²) in [5.74, 6) is 0.577. The molecule has 0 atom stereocenters. The van der Waals surface area contributed by atoms with Gasteiger partial charge in [-0.15, -0.1) is 0 Å². The molecule has 1 heterocycles. The summed E-state index contributed by atoms with van der Waals surface area (Å²) in [7, 11) is 0. The molecular weight excluding hydrogens is 184 g/mol. The largest absolute Gasteiger partial charge is 0.411 e. The normalized spacial score (nSPS) is 10.3. The van der Waals surface area contributed by atoms with Crippen molar-refractivity contribution >= 4 is 6.21 Å². The second-order valence-electron chi connectivity index (χ2n) is 2.53. The van der Waals surface area contributed by atoms with E-state index in [9.17, 15) is 0 Å². The van der Waals surface area contributed by atoms with Crippen LogP contribution in [0.2, 0.25) is 0 Å². The number of aromatic nitrogens is 2. The van der Waals surface area contributed by atoms with Crippen LogP contribution in [0.15, 0.2) is 22.7 Å². The molecule has 0 saturated carbocycles. The molecule has 0 aromatic carbocycles. The Hall–Kier alpha value is -2.01. The third kappa shape index (κ3) is 2.80. The first-order valence-electron chi connectivity index (χ1n) is 4.08. The van der Waals surface area contributed by atoms with Crippen LogP contribution in [0.5, 0.6) is 0 Å². The van der Waals surface area contributed by atoms with Gasteiger partial charge in [0.05, 0.1) is 0 Å². The Bertz CT molecular complexity index is 351. The summed E-state index contributed by atoms with van der Waals surface area (Å²) in [5.41, 5.74) is 8.05. The van der Waals surface area contributed by atoms with E-state index in [1.54, 1.807) is 12.4 Å². The Kier molecular flexibility index (Phi) is 4.03. The molecule has 7 nitrogen and oxygen atoms in total. The van der Waals surface area contributed by atoms with Gasteiger partial charge in [-0.1, -0.05) is 10.3 Å². The first kappa shape index (κ1) is 10.1. The average molecular weight is 194 g/mol. The van der Waals surface area contributed by atoms with Crippen molar-refractivity contribution in [1.29, 1.82) is 0 Å². The molecule has 14 heavy (non-hydrogen) atoms. The standard InChI is InChI=1S/C7H10N6O/c8-12-10-2-1-4-13-5-3-9-7(13)6-11-14/h3,5-6,14H,1-2,4H2. The summed E-state index contributed by atoms with van der Waals surface area (Å²) < 4.78 is 1.81. The molecule has 0 unspecified atom stereocenters. The molecule has 0 aliphatic carbocycles. The van der Waals surface area contributed by atoms with Gasteiger partial charge in [0.25, 0.3) is 0 Å². The molecule has 0 aliphatic rings. The monoisotopic (exact) mass is 194 g/mol. The highest BCUT2D eigenvalue weighted by atomic mass is 16.4. The molecule has 7 heteroatoms. The van der Waals surface area contributed by atoms with Crippen molar-refractivity contribution in [3.05, 3.63) is 28.7 Å². The number of hydrogen-bond donors (Lipinski definition) is 1. The zero-order valence-corrected chi connectivity index (χ0v) is 7.48. The van der Waals surface area contributed by atoms with E-state index >= 15 is 0 Å². The predicted molar refractivity (Wildman–Crippen MR) is 50.2 cm³/mol. The smallest absolute Gasteiger partial charge is 0.154 e. The highest BCUT2D eigenvalue weighted by molar-refractivity contribution is 5.74. The van der Waals surface area contributed by atoms with Gasteiger partial charge in [-0.3, -0.25) is 0 Å². The van der Waals surface area contributed by atoms with Gasteiger partial charge in [-0.2, -0.15) is 0 Å². The third-order valence-corrected chi connectivity index (χ3v) is 1.64. The number of oxime groups is 1. The number of imidazole rings is 1. The Morgan fingerprint density at radius 3 is 3.29 bits per heavy atom. The van der Waals surface area contributed by atoms with Crippen LogP contribution in [-0.4, -0.2) is 27.5 Å². The van der Waals surface area contributed by atoms with Gasteiger partial charge in [0, 0.05) is 30.4 Å². The summed E-state index contributed by atoms with van der Waals surface area (Å²) in [4.78, 5) is 6.60. The molecule has 0 aliphatic heterocycles. The zero-order valence-electron chi connectivity index (χ0n) is 7.48. The maximum absolute atomic E-state index is 8.32. The summed E-state index contributed by atoms with van der Waals surface area (Å²) in [6, 6.07) is 0. The van der Waals surface area contributed by atoms with Crippen LogP contribution in [-0.2, 0) is 6.54 Å². The van der Waals surface area contributed by atoms with E-state index in [1.165, 1.54) is 6.21 Å². The first-order chi connectivity index (χ1) is 6.88. The lowest BCUT2D eigenvalue weighted by molar-refractivity contribution is 0.321. The lowest BCUT2D eigenvalue weighted by Gasteiger charge is -2.01. The minimum atomic E-state index is 0.449. The summed E-state index contributed by atoms with van der Waals surface area (Å²) in [6.07, 6.45) is 5.37. The van der Waals surface area contributed by atoms with Crippen LogP contribution in [0.3, 0.4) is 0 Å². The van der Waals surface area contributed by atoms with E-state index in [1.807, 2.05) is 4.57 Å². The Balaban J connectivity index is 2.49. The quantitative estimate of drug-likeness (QED) is 0.146. The van der Waals surface area contributed by atoms with E-state index < -0.39 is 0 Å². The van der Waals surface area contributed by atoms with Crippen molar-refractivity contribution in [3.63, 3.8) is 0 Å². The van der Waals surface area contributed by atoms with Gasteiger partial charge < -0.3 is 9.77 Å². The number of rotatable bonds is 5. The molecule has 74 valence electrons. The molecule has 1 N–H and O–H groups in total. The van der Waals surface area contributed by atoms with Crippen LogP contribution in [0.1, 0.15) is 12.2 Å². The minimum Gasteiger partial charge on any atom is -0.411 e. The molecule has 1 aromatic rings. The summed E-state index contributed by atoms with van der Waals surface area (Å²) in [5, 5.41) is 14.6. The molecule has 1 aromatic heterocycles. The minimum absolute atomic E-state index is 0.449. The Labute approximate surface area is 80.3 Å². The number of azide groups is 1. The number of hydrogen-bond acceptors (Lipinski definition) is 4. The van der Waals surface area contributed by atoms with Crippen molar-refractivity contribution in [1.82, 2.24) is 9.55 Å². The first-order valence-corrected chi connectivity index (χ1v) is 4.08. The van der Waals surface area contributed by atoms with Crippen molar-refractivity contribution in [2.24, 2.45) is 10.3 Å². The Morgan fingerprint density at radius 1 is 1.71 bits per heavy atom. The molecule has 0 saturated heterocycles. The van der Waals surface area contributed by atoms with Crippen LogP contribution in [0.25, 0.3) is 10.4 Å². The van der Waals surface area contributed by atoms with Gasteiger partial charge in [0.2, 0.25) is 0 Å². The van der Waals surface area contributed by atoms with Crippen molar-refractivity contribution in [3.8, 4) is 0 Å².